The molecule has 0 saturated heterocycles. The standard InChI is InChI=1S/C16H15ClF2N2O3/c1-9-2-5-13(11(17)8-9)20-15-10(3-4-12(18)14(15)19)16(23)21-24-7-6-22/h2-5,8,20,22H,6-7H2,1H3,(H,21,23). The minimum atomic E-state index is -1.22. The summed E-state index contributed by atoms with van der Waals surface area (Å²) in [6.07, 6.45) is 0. The van der Waals surface area contributed by atoms with Crippen molar-refractivity contribution in [1.82, 2.24) is 5.48 Å². The van der Waals surface area contributed by atoms with Gasteiger partial charge in [-0.2, -0.15) is 0 Å². The second-order valence-corrected chi connectivity index (χ2v) is 5.30. The molecule has 0 aliphatic carbocycles. The average Bonchev–Trinajstić information content (AvgIpc) is 2.54. The maximum atomic E-state index is 14.2. The summed E-state index contributed by atoms with van der Waals surface area (Å²) in [5, 5.41) is 11.5. The summed E-state index contributed by atoms with van der Waals surface area (Å²) in [5.74, 6) is -3.14. The maximum Gasteiger partial charge on any atom is 0.277 e. The highest BCUT2D eigenvalue weighted by molar-refractivity contribution is 6.33. The molecule has 0 bridgehead atoms. The Balaban J connectivity index is 2.36. The summed E-state index contributed by atoms with van der Waals surface area (Å²) >= 11 is 6.07. The minimum absolute atomic E-state index is 0.137. The number of amides is 1. The highest BCUT2D eigenvalue weighted by Gasteiger charge is 2.20. The maximum absolute atomic E-state index is 14.2. The molecule has 3 N–H and O–H groups in total. The van der Waals surface area contributed by atoms with Gasteiger partial charge in [-0.3, -0.25) is 9.63 Å². The molecule has 0 fully saturated rings. The van der Waals surface area contributed by atoms with Gasteiger partial charge < -0.3 is 10.4 Å². The molecule has 0 aromatic heterocycles. The summed E-state index contributed by atoms with van der Waals surface area (Å²) in [6, 6.07) is 6.91. The van der Waals surface area contributed by atoms with Crippen LogP contribution in [0.1, 0.15) is 15.9 Å². The van der Waals surface area contributed by atoms with Crippen molar-refractivity contribution >= 4 is 28.9 Å². The van der Waals surface area contributed by atoms with E-state index in [9.17, 15) is 13.6 Å². The van der Waals surface area contributed by atoms with Crippen LogP contribution in [-0.4, -0.2) is 24.2 Å². The molecule has 0 aliphatic heterocycles. The van der Waals surface area contributed by atoms with E-state index in [2.05, 4.69) is 5.32 Å². The van der Waals surface area contributed by atoms with E-state index in [0.29, 0.717) is 10.7 Å². The quantitative estimate of drug-likeness (QED) is 0.548. The number of hydroxylamine groups is 1. The highest BCUT2D eigenvalue weighted by Crippen LogP contribution is 2.30. The van der Waals surface area contributed by atoms with Gasteiger partial charge in [0.25, 0.3) is 5.91 Å². The van der Waals surface area contributed by atoms with Crippen LogP contribution in [0.15, 0.2) is 30.3 Å². The average molecular weight is 357 g/mol. The molecule has 5 nitrogen and oxygen atoms in total. The number of aryl methyl sites for hydroxylation is 1. The van der Waals surface area contributed by atoms with Crippen molar-refractivity contribution in [3.05, 3.63) is 58.1 Å². The number of rotatable bonds is 6. The molecular formula is C16H15ClF2N2O3. The first-order valence-corrected chi connectivity index (χ1v) is 7.36. The van der Waals surface area contributed by atoms with Crippen molar-refractivity contribution in [3.63, 3.8) is 0 Å². The Morgan fingerprint density at radius 2 is 2.04 bits per heavy atom. The molecule has 0 atom stereocenters. The van der Waals surface area contributed by atoms with E-state index in [1.165, 1.54) is 0 Å². The van der Waals surface area contributed by atoms with E-state index in [1.807, 2.05) is 12.4 Å². The van der Waals surface area contributed by atoms with Crippen molar-refractivity contribution in [2.24, 2.45) is 0 Å². The van der Waals surface area contributed by atoms with Crippen molar-refractivity contribution in [2.75, 3.05) is 18.5 Å². The number of carbonyl (C=O) groups excluding carboxylic acids is 1. The van der Waals surface area contributed by atoms with E-state index in [0.717, 1.165) is 17.7 Å². The van der Waals surface area contributed by atoms with Crippen LogP contribution < -0.4 is 10.8 Å². The van der Waals surface area contributed by atoms with Gasteiger partial charge in [0.05, 0.1) is 35.2 Å². The van der Waals surface area contributed by atoms with Crippen LogP contribution in [0.2, 0.25) is 5.02 Å². The van der Waals surface area contributed by atoms with Crippen LogP contribution in [0, 0.1) is 18.6 Å². The topological polar surface area (TPSA) is 70.6 Å². The number of hydrogen-bond donors (Lipinski definition) is 3. The van der Waals surface area contributed by atoms with Crippen LogP contribution in [0.5, 0.6) is 0 Å². The first kappa shape index (κ1) is 18.1. The molecule has 24 heavy (non-hydrogen) atoms. The lowest BCUT2D eigenvalue weighted by Gasteiger charge is -2.15. The number of aliphatic hydroxyl groups is 1. The van der Waals surface area contributed by atoms with Crippen LogP contribution in [-0.2, 0) is 4.84 Å². The summed E-state index contributed by atoms with van der Waals surface area (Å²) in [4.78, 5) is 16.7. The summed E-state index contributed by atoms with van der Waals surface area (Å²) in [6.45, 7) is 1.39. The van der Waals surface area contributed by atoms with Crippen LogP contribution in [0.4, 0.5) is 20.2 Å². The first-order chi connectivity index (χ1) is 11.4. The monoisotopic (exact) mass is 356 g/mol. The third-order valence-electron chi connectivity index (χ3n) is 3.08. The molecule has 8 heteroatoms. The fraction of sp³-hybridized carbons (Fsp3) is 0.188. The molecule has 0 spiro atoms. The van der Waals surface area contributed by atoms with Crippen LogP contribution >= 0.6 is 11.6 Å². The zero-order valence-electron chi connectivity index (χ0n) is 12.7. The molecule has 2 rings (SSSR count). The molecule has 0 unspecified atom stereocenters. The molecule has 128 valence electrons. The van der Waals surface area contributed by atoms with Crippen molar-refractivity contribution in [3.8, 4) is 0 Å². The van der Waals surface area contributed by atoms with Gasteiger partial charge >= 0.3 is 0 Å². The predicted molar refractivity (Wildman–Crippen MR) is 86.3 cm³/mol. The largest absolute Gasteiger partial charge is 0.394 e. The third-order valence-corrected chi connectivity index (χ3v) is 3.39. The Hall–Kier alpha value is -2.22. The van der Waals surface area contributed by atoms with Crippen LogP contribution in [0.25, 0.3) is 0 Å². The molecule has 1 amide bonds. The van der Waals surface area contributed by atoms with Gasteiger partial charge in [-0.15, -0.1) is 0 Å². The number of aliphatic hydroxyl groups excluding tert-OH is 1. The Bertz CT molecular complexity index is 756. The number of benzene rings is 2. The summed E-state index contributed by atoms with van der Waals surface area (Å²) in [7, 11) is 0. The molecule has 2 aromatic carbocycles. The van der Waals surface area contributed by atoms with Gasteiger partial charge in [0.1, 0.15) is 0 Å². The molecule has 0 aliphatic rings. The predicted octanol–water partition coefficient (Wildman–Crippen LogP) is 3.32. The molecule has 0 heterocycles. The normalized spacial score (nSPS) is 10.5. The SMILES string of the molecule is Cc1ccc(Nc2c(C(=O)NOCCO)ccc(F)c2F)c(Cl)c1. The number of nitrogens with one attached hydrogen (secondary N) is 2. The Morgan fingerprint density at radius 1 is 1.29 bits per heavy atom. The summed E-state index contributed by atoms with van der Waals surface area (Å²) < 4.78 is 27.7. The Morgan fingerprint density at radius 3 is 2.71 bits per heavy atom. The van der Waals surface area contributed by atoms with Crippen molar-refractivity contribution in [2.45, 2.75) is 6.92 Å². The number of anilines is 2. The lowest BCUT2D eigenvalue weighted by Crippen LogP contribution is -2.26. The van der Waals surface area contributed by atoms with Crippen molar-refractivity contribution < 1.29 is 23.5 Å². The number of carbonyl (C=O) groups is 1. The van der Waals surface area contributed by atoms with Gasteiger partial charge in [0.2, 0.25) is 0 Å². The fourth-order valence-corrected chi connectivity index (χ4v) is 2.22. The van der Waals surface area contributed by atoms with E-state index >= 15 is 0 Å². The van der Waals surface area contributed by atoms with E-state index in [4.69, 9.17) is 21.5 Å². The fourth-order valence-electron chi connectivity index (χ4n) is 1.94. The van der Waals surface area contributed by atoms with E-state index < -0.39 is 17.5 Å². The van der Waals surface area contributed by atoms with Gasteiger partial charge in [0, 0.05) is 0 Å². The zero-order valence-corrected chi connectivity index (χ0v) is 13.5. The molecule has 0 saturated carbocycles. The first-order valence-electron chi connectivity index (χ1n) is 6.98. The Labute approximate surface area is 142 Å². The van der Waals surface area contributed by atoms with Gasteiger partial charge in [-0.05, 0) is 36.8 Å². The number of hydrogen-bond acceptors (Lipinski definition) is 4. The number of halogens is 3. The smallest absolute Gasteiger partial charge is 0.277 e. The van der Waals surface area contributed by atoms with E-state index in [1.54, 1.807) is 18.2 Å². The van der Waals surface area contributed by atoms with Crippen LogP contribution in [0.3, 0.4) is 0 Å². The third kappa shape index (κ3) is 4.19. The highest BCUT2D eigenvalue weighted by atomic mass is 35.5. The molecule has 0 radical (unpaired) electrons. The lowest BCUT2D eigenvalue weighted by molar-refractivity contribution is 0.0168. The van der Waals surface area contributed by atoms with Gasteiger partial charge in [-0.1, -0.05) is 17.7 Å². The second kappa shape index (κ2) is 8.05. The molecule has 2 aromatic rings. The lowest BCUT2D eigenvalue weighted by atomic mass is 10.1. The van der Waals surface area contributed by atoms with Gasteiger partial charge in [0.15, 0.2) is 11.6 Å². The van der Waals surface area contributed by atoms with Gasteiger partial charge in [-0.25, -0.2) is 14.3 Å². The van der Waals surface area contributed by atoms with E-state index in [-0.39, 0.29) is 24.5 Å². The second-order valence-electron chi connectivity index (χ2n) is 4.90. The van der Waals surface area contributed by atoms with Crippen molar-refractivity contribution in [1.29, 1.82) is 0 Å². The minimum Gasteiger partial charge on any atom is -0.394 e. The summed E-state index contributed by atoms with van der Waals surface area (Å²) in [5.41, 5.74) is 2.69. The molecular weight excluding hydrogens is 342 g/mol. The zero-order chi connectivity index (χ0) is 17.7. The Kier molecular flexibility index (Phi) is 6.08.